The predicted octanol–water partition coefficient (Wildman–Crippen LogP) is 2.36. The molecule has 0 unspecified atom stereocenters. The molecule has 0 radical (unpaired) electrons. The maximum absolute atomic E-state index is 13.8. The van der Waals surface area contributed by atoms with Gasteiger partial charge in [-0.3, -0.25) is 14.2 Å². The summed E-state index contributed by atoms with van der Waals surface area (Å²) in [4.78, 5) is 43.2. The van der Waals surface area contributed by atoms with Gasteiger partial charge in [0.25, 0.3) is 5.56 Å². The largest absolute Gasteiger partial charge is 0.493 e. The van der Waals surface area contributed by atoms with Crippen LogP contribution in [0.25, 0.3) is 6.08 Å². The Morgan fingerprint density at radius 1 is 1.00 bits per heavy atom. The topological polar surface area (TPSA) is 115 Å². The Balaban J connectivity index is 1.97. The van der Waals surface area contributed by atoms with Crippen LogP contribution in [-0.4, -0.2) is 44.9 Å². The summed E-state index contributed by atoms with van der Waals surface area (Å²) in [6.07, 6.45) is 1.70. The van der Waals surface area contributed by atoms with E-state index in [0.717, 1.165) is 0 Å². The summed E-state index contributed by atoms with van der Waals surface area (Å²) in [6.45, 7) is 2.97. The summed E-state index contributed by atoms with van der Waals surface area (Å²) >= 11 is 1.18. The van der Waals surface area contributed by atoms with Crippen LogP contribution in [0.1, 0.15) is 31.0 Å². The van der Waals surface area contributed by atoms with Crippen LogP contribution in [-0.2, 0) is 14.3 Å². The number of para-hydroxylation sites is 1. The molecule has 4 rings (SSSR count). The molecular weight excluding hydrogens is 512 g/mol. The van der Waals surface area contributed by atoms with Crippen LogP contribution in [0.5, 0.6) is 23.0 Å². The number of hydrogen-bond donors (Lipinski definition) is 0. The number of nitrogens with zero attached hydrogens (tertiary/aromatic N) is 2. The minimum atomic E-state index is -0.867. The van der Waals surface area contributed by atoms with E-state index < -0.39 is 18.0 Å². The number of fused-ring (bicyclic) bond motifs is 1. The first-order chi connectivity index (χ1) is 18.2. The lowest BCUT2D eigenvalue weighted by atomic mass is 9.95. The summed E-state index contributed by atoms with van der Waals surface area (Å²) in [6, 6.07) is 9.33. The maximum atomic E-state index is 13.8. The fourth-order valence-corrected chi connectivity index (χ4v) is 5.31. The van der Waals surface area contributed by atoms with Gasteiger partial charge < -0.3 is 23.7 Å². The van der Waals surface area contributed by atoms with Crippen molar-refractivity contribution in [3.63, 3.8) is 0 Å². The molecule has 0 saturated carbocycles. The Labute approximate surface area is 222 Å². The predicted molar refractivity (Wildman–Crippen MR) is 140 cm³/mol. The number of thiazole rings is 1. The first kappa shape index (κ1) is 26.7. The van der Waals surface area contributed by atoms with Gasteiger partial charge in [0.15, 0.2) is 27.8 Å². The van der Waals surface area contributed by atoms with E-state index in [0.29, 0.717) is 37.7 Å². The van der Waals surface area contributed by atoms with Crippen LogP contribution in [0.15, 0.2) is 57.5 Å². The number of esters is 2. The summed E-state index contributed by atoms with van der Waals surface area (Å²) in [5.74, 6) is 0.345. The van der Waals surface area contributed by atoms with Crippen LogP contribution >= 0.6 is 11.3 Å². The van der Waals surface area contributed by atoms with Crippen molar-refractivity contribution in [1.29, 1.82) is 0 Å². The molecule has 1 aliphatic rings. The standard InChI is InChI=1S/C27H26N2O8S/c1-14-22(26(32)36-6)23(16-10-11-18(37-15(2)30)20(12-16)34-4)29-25(31)21(38-27(29)28-14)13-17-8-7-9-19(33-3)24(17)35-5/h7-13,23H,1-6H3/b21-13+/t23-/m1/s1. The number of carbonyl (C=O) groups excluding carboxylic acids is 2. The van der Waals surface area contributed by atoms with Crippen molar-refractivity contribution >= 4 is 29.4 Å². The second kappa shape index (κ2) is 10.9. The monoisotopic (exact) mass is 538 g/mol. The van der Waals surface area contributed by atoms with E-state index in [4.69, 9.17) is 23.7 Å². The summed E-state index contributed by atoms with van der Waals surface area (Å²) in [5.41, 5.74) is 1.44. The Morgan fingerprint density at radius 2 is 1.74 bits per heavy atom. The third-order valence-corrected chi connectivity index (χ3v) is 6.89. The highest BCUT2D eigenvalue weighted by Crippen LogP contribution is 2.36. The average molecular weight is 539 g/mol. The normalized spacial score (nSPS) is 14.9. The molecule has 0 amide bonds. The summed E-state index contributed by atoms with van der Waals surface area (Å²) in [7, 11) is 5.76. The van der Waals surface area contributed by atoms with Gasteiger partial charge in [-0.15, -0.1) is 0 Å². The number of rotatable bonds is 7. The van der Waals surface area contributed by atoms with Crippen LogP contribution in [0.3, 0.4) is 0 Å². The van der Waals surface area contributed by atoms with Crippen molar-refractivity contribution in [2.75, 3.05) is 28.4 Å². The van der Waals surface area contributed by atoms with Crippen molar-refractivity contribution in [1.82, 2.24) is 4.57 Å². The Kier molecular flexibility index (Phi) is 7.67. The zero-order valence-corrected chi connectivity index (χ0v) is 22.5. The second-order valence-electron chi connectivity index (χ2n) is 8.16. The van der Waals surface area contributed by atoms with E-state index in [1.165, 1.54) is 51.3 Å². The van der Waals surface area contributed by atoms with Crippen molar-refractivity contribution < 1.29 is 33.3 Å². The number of carbonyl (C=O) groups is 2. The van der Waals surface area contributed by atoms with E-state index in [-0.39, 0.29) is 22.6 Å². The number of allylic oxidation sites excluding steroid dienone is 1. The van der Waals surface area contributed by atoms with Gasteiger partial charge in [-0.2, -0.15) is 0 Å². The minimum Gasteiger partial charge on any atom is -0.493 e. The molecule has 38 heavy (non-hydrogen) atoms. The molecule has 1 aliphatic heterocycles. The van der Waals surface area contributed by atoms with Crippen LogP contribution in [0.2, 0.25) is 0 Å². The van der Waals surface area contributed by atoms with Gasteiger partial charge in [-0.1, -0.05) is 29.5 Å². The highest BCUT2D eigenvalue weighted by molar-refractivity contribution is 7.07. The number of aromatic nitrogens is 1. The Morgan fingerprint density at radius 3 is 2.37 bits per heavy atom. The van der Waals surface area contributed by atoms with Crippen LogP contribution in [0.4, 0.5) is 0 Å². The summed E-state index contributed by atoms with van der Waals surface area (Å²) in [5, 5.41) is 0. The van der Waals surface area contributed by atoms with Gasteiger partial charge in [-0.25, -0.2) is 9.79 Å². The highest BCUT2D eigenvalue weighted by Gasteiger charge is 2.33. The molecular formula is C27H26N2O8S. The zero-order chi connectivity index (χ0) is 27.6. The maximum Gasteiger partial charge on any atom is 0.338 e. The fourth-order valence-electron chi connectivity index (χ4n) is 4.27. The molecule has 0 aliphatic carbocycles. The molecule has 2 aromatic carbocycles. The molecule has 0 N–H and O–H groups in total. The average Bonchev–Trinajstić information content (AvgIpc) is 3.21. The molecule has 1 aromatic heterocycles. The molecule has 0 bridgehead atoms. The molecule has 2 heterocycles. The number of benzene rings is 2. The smallest absolute Gasteiger partial charge is 0.338 e. The van der Waals surface area contributed by atoms with Gasteiger partial charge in [0.2, 0.25) is 0 Å². The lowest BCUT2D eigenvalue weighted by molar-refractivity contribution is -0.136. The Bertz CT molecular complexity index is 1630. The lowest BCUT2D eigenvalue weighted by Crippen LogP contribution is -2.39. The van der Waals surface area contributed by atoms with Crippen LogP contribution < -0.4 is 33.8 Å². The van der Waals surface area contributed by atoms with Gasteiger partial charge in [0.05, 0.1) is 50.3 Å². The van der Waals surface area contributed by atoms with Crippen molar-refractivity contribution in [3.8, 4) is 23.0 Å². The third-order valence-electron chi connectivity index (χ3n) is 5.90. The molecule has 0 fully saturated rings. The molecule has 0 saturated heterocycles. The molecule has 11 heteroatoms. The summed E-state index contributed by atoms with van der Waals surface area (Å²) < 4.78 is 28.4. The van der Waals surface area contributed by atoms with E-state index >= 15 is 0 Å². The van der Waals surface area contributed by atoms with Gasteiger partial charge in [0, 0.05) is 12.5 Å². The SMILES string of the molecule is COC(=O)C1=C(C)N=c2s/c(=C/c3cccc(OC)c3OC)c(=O)n2[C@@H]1c1ccc(OC(C)=O)c(OC)c1. The van der Waals surface area contributed by atoms with Crippen LogP contribution in [0, 0.1) is 0 Å². The second-order valence-corrected chi connectivity index (χ2v) is 9.17. The molecule has 198 valence electrons. The highest BCUT2D eigenvalue weighted by atomic mass is 32.1. The first-order valence-corrected chi connectivity index (χ1v) is 12.2. The van der Waals surface area contributed by atoms with E-state index in [9.17, 15) is 14.4 Å². The number of hydrogen-bond acceptors (Lipinski definition) is 10. The minimum absolute atomic E-state index is 0.202. The van der Waals surface area contributed by atoms with E-state index in [1.807, 2.05) is 0 Å². The third kappa shape index (κ3) is 4.80. The van der Waals surface area contributed by atoms with E-state index in [1.54, 1.807) is 49.4 Å². The molecule has 0 spiro atoms. The number of methoxy groups -OCH3 is 4. The quantitative estimate of drug-likeness (QED) is 0.333. The van der Waals surface area contributed by atoms with Gasteiger partial charge in [-0.05, 0) is 36.8 Å². The van der Waals surface area contributed by atoms with E-state index in [2.05, 4.69) is 4.99 Å². The fraction of sp³-hybridized carbons (Fsp3) is 0.259. The molecule has 3 aromatic rings. The van der Waals surface area contributed by atoms with Gasteiger partial charge >= 0.3 is 11.9 Å². The van der Waals surface area contributed by atoms with Crippen molar-refractivity contribution in [2.24, 2.45) is 4.99 Å². The van der Waals surface area contributed by atoms with Crippen molar-refractivity contribution in [3.05, 3.63) is 78.5 Å². The first-order valence-electron chi connectivity index (χ1n) is 11.4. The number of ether oxygens (including phenoxy) is 5. The van der Waals surface area contributed by atoms with Gasteiger partial charge in [0.1, 0.15) is 0 Å². The molecule has 10 nitrogen and oxygen atoms in total. The zero-order valence-electron chi connectivity index (χ0n) is 21.7. The molecule has 1 atom stereocenters. The lowest BCUT2D eigenvalue weighted by Gasteiger charge is -2.25. The Hall–Kier alpha value is -4.38. The van der Waals surface area contributed by atoms with Crippen molar-refractivity contribution in [2.45, 2.75) is 19.9 Å².